The van der Waals surface area contributed by atoms with Crippen LogP contribution in [0.4, 0.5) is 8.78 Å². The molecule has 0 aromatic carbocycles. The Labute approximate surface area is 127 Å². The first kappa shape index (κ1) is 16.3. The number of carbonyl (C=O) groups is 1. The number of aliphatic imine (C=N–C) groups is 2. The van der Waals surface area contributed by atoms with Gasteiger partial charge in [0.2, 0.25) is 5.29 Å². The fourth-order valence-corrected chi connectivity index (χ4v) is 2.94. The van der Waals surface area contributed by atoms with E-state index in [2.05, 4.69) is 9.98 Å². The monoisotopic (exact) mass is 320 g/mol. The van der Waals surface area contributed by atoms with E-state index in [1.807, 2.05) is 13.8 Å². The number of likely N-dealkylation sites (N-methyl/N-ethyl adjacent to an activating group) is 1. The number of alkyl halides is 2. The molecule has 5 nitrogen and oxygen atoms in total. The van der Waals surface area contributed by atoms with Crippen molar-refractivity contribution in [1.29, 1.82) is 0 Å². The summed E-state index contributed by atoms with van der Waals surface area (Å²) in [6.45, 7) is 3.20. The minimum atomic E-state index is -3.44. The first-order chi connectivity index (χ1) is 9.77. The summed E-state index contributed by atoms with van der Waals surface area (Å²) < 4.78 is 28.3. The van der Waals surface area contributed by atoms with E-state index in [1.165, 1.54) is 13.3 Å². The number of rotatable bonds is 3. The molecule has 2 rings (SSSR count). The van der Waals surface area contributed by atoms with Crippen LogP contribution in [0.5, 0.6) is 0 Å². The lowest BCUT2D eigenvalue weighted by atomic mass is 10.1. The molecule has 2 aliphatic heterocycles. The molecule has 1 saturated heterocycles. The third-order valence-electron chi connectivity index (χ3n) is 3.95. The molecule has 0 N–H and O–H groups in total. The molecule has 1 amide bonds. The van der Waals surface area contributed by atoms with E-state index >= 15 is 0 Å². The van der Waals surface area contributed by atoms with Gasteiger partial charge in [0, 0.05) is 19.3 Å². The normalized spacial score (nSPS) is 30.7. The summed E-state index contributed by atoms with van der Waals surface area (Å²) in [5.74, 6) is -4.65. The van der Waals surface area contributed by atoms with Gasteiger partial charge in [-0.3, -0.25) is 9.69 Å². The van der Waals surface area contributed by atoms with Crippen LogP contribution in [0.2, 0.25) is 0 Å². The predicted octanol–water partition coefficient (Wildman–Crippen LogP) is 1.96. The topological polar surface area (TPSA) is 48.3 Å². The number of amidine groups is 1. The van der Waals surface area contributed by atoms with Crippen LogP contribution in [0.3, 0.4) is 0 Å². The molecule has 0 radical (unpaired) electrons. The van der Waals surface area contributed by atoms with E-state index in [-0.39, 0.29) is 11.3 Å². The maximum Gasteiger partial charge on any atom is 0.337 e. The first-order valence-electron chi connectivity index (χ1n) is 6.96. The summed E-state index contributed by atoms with van der Waals surface area (Å²) in [7, 11) is 1.35. The van der Waals surface area contributed by atoms with E-state index in [0.717, 1.165) is 17.7 Å². The maximum absolute atomic E-state index is 14.1. The summed E-state index contributed by atoms with van der Waals surface area (Å²) in [4.78, 5) is 22.5. The molecule has 1 fully saturated rings. The van der Waals surface area contributed by atoms with E-state index in [9.17, 15) is 13.6 Å². The van der Waals surface area contributed by atoms with Crippen LogP contribution in [-0.2, 0) is 4.79 Å². The molecule has 0 spiro atoms. The van der Waals surface area contributed by atoms with Crippen LogP contribution in [0.1, 0.15) is 26.7 Å². The highest BCUT2D eigenvalue weighted by Crippen LogP contribution is 2.30. The lowest BCUT2D eigenvalue weighted by Crippen LogP contribution is -2.53. The van der Waals surface area contributed by atoms with Crippen molar-refractivity contribution in [2.45, 2.75) is 50.9 Å². The Hall–Kier alpha value is -1.08. The lowest BCUT2D eigenvalue weighted by Gasteiger charge is -2.37. The largest absolute Gasteiger partial charge is 0.337 e. The molecule has 118 valence electrons. The highest BCUT2D eigenvalue weighted by Gasteiger charge is 2.52. The van der Waals surface area contributed by atoms with Crippen LogP contribution in [0.25, 0.3) is 0 Å². The van der Waals surface area contributed by atoms with Crippen LogP contribution in [0, 0.1) is 0 Å². The van der Waals surface area contributed by atoms with Gasteiger partial charge in [-0.2, -0.15) is 8.78 Å². The number of hydrogen-bond acceptors (Lipinski definition) is 4. The molecule has 0 aliphatic carbocycles. The molecule has 2 unspecified atom stereocenters. The third-order valence-corrected chi connectivity index (χ3v) is 4.15. The highest BCUT2D eigenvalue weighted by atomic mass is 35.5. The molecule has 0 aromatic heterocycles. The van der Waals surface area contributed by atoms with Crippen molar-refractivity contribution in [3.63, 3.8) is 0 Å². The van der Waals surface area contributed by atoms with Gasteiger partial charge in [0.05, 0.1) is 6.54 Å². The zero-order valence-corrected chi connectivity index (χ0v) is 13.0. The highest BCUT2D eigenvalue weighted by molar-refractivity contribution is 6.65. The summed E-state index contributed by atoms with van der Waals surface area (Å²) in [6, 6.07) is -0.764. The molecule has 2 heterocycles. The Kier molecular flexibility index (Phi) is 4.63. The smallest absolute Gasteiger partial charge is 0.329 e. The molecule has 0 bridgehead atoms. The number of carbonyl (C=O) groups excluding carboxylic acids is 1. The van der Waals surface area contributed by atoms with Crippen LogP contribution >= 0.6 is 11.6 Å². The fourth-order valence-electron chi connectivity index (χ4n) is 2.79. The molecular weight excluding hydrogens is 302 g/mol. The third kappa shape index (κ3) is 3.08. The van der Waals surface area contributed by atoms with Crippen LogP contribution in [-0.4, -0.2) is 65.0 Å². The second-order valence-corrected chi connectivity index (χ2v) is 5.85. The van der Waals surface area contributed by atoms with Gasteiger partial charge in [0.1, 0.15) is 12.2 Å². The zero-order chi connectivity index (χ0) is 15.8. The van der Waals surface area contributed by atoms with Crippen molar-refractivity contribution in [1.82, 2.24) is 9.80 Å². The van der Waals surface area contributed by atoms with Crippen LogP contribution < -0.4 is 0 Å². The Balaban J connectivity index is 2.42. The second-order valence-electron chi connectivity index (χ2n) is 5.51. The van der Waals surface area contributed by atoms with Crippen molar-refractivity contribution in [2.75, 3.05) is 13.6 Å². The van der Waals surface area contributed by atoms with Gasteiger partial charge >= 0.3 is 5.92 Å². The molecular formula is C13H19ClF2N4O. The minimum absolute atomic E-state index is 0.0241. The standard InChI is InChI=1S/C13H19ClF2N4O/c1-4-5-8(2)20-7-13(15,16)11(21)19(3)9-6-17-12(14)18-10(9)20/h6,8-10H,4-5,7H2,1-3H3/t8?,9?,10-/m0/s1. The Morgan fingerprint density at radius 1 is 1.57 bits per heavy atom. The summed E-state index contributed by atoms with van der Waals surface area (Å²) in [5, 5.41) is 0.0241. The number of fused-ring (bicyclic) bond motifs is 1. The van der Waals surface area contributed by atoms with E-state index in [0.29, 0.717) is 0 Å². The van der Waals surface area contributed by atoms with Gasteiger partial charge in [-0.15, -0.1) is 0 Å². The van der Waals surface area contributed by atoms with Crippen molar-refractivity contribution >= 4 is 29.0 Å². The molecule has 21 heavy (non-hydrogen) atoms. The van der Waals surface area contributed by atoms with Gasteiger partial charge in [-0.1, -0.05) is 13.3 Å². The fraction of sp³-hybridized carbons (Fsp3) is 0.769. The Bertz CT molecular complexity index is 483. The van der Waals surface area contributed by atoms with Gasteiger partial charge in [-0.05, 0) is 24.9 Å². The lowest BCUT2D eigenvalue weighted by molar-refractivity contribution is -0.156. The molecule has 0 aromatic rings. The van der Waals surface area contributed by atoms with Gasteiger partial charge in [-0.25, -0.2) is 9.98 Å². The average molecular weight is 321 g/mol. The number of amides is 1. The summed E-state index contributed by atoms with van der Waals surface area (Å²) >= 11 is 5.83. The van der Waals surface area contributed by atoms with Crippen molar-refractivity contribution in [3.05, 3.63) is 0 Å². The van der Waals surface area contributed by atoms with Crippen molar-refractivity contribution in [2.24, 2.45) is 9.98 Å². The van der Waals surface area contributed by atoms with E-state index in [4.69, 9.17) is 11.6 Å². The van der Waals surface area contributed by atoms with Crippen LogP contribution in [0.15, 0.2) is 9.98 Å². The number of nitrogens with zero attached hydrogens (tertiary/aromatic N) is 4. The number of hydrogen-bond donors (Lipinski definition) is 0. The molecule has 3 atom stereocenters. The van der Waals surface area contributed by atoms with Gasteiger partial charge in [0.15, 0.2) is 0 Å². The van der Waals surface area contributed by atoms with E-state index in [1.54, 1.807) is 4.90 Å². The summed E-state index contributed by atoms with van der Waals surface area (Å²) in [6.07, 6.45) is 2.39. The van der Waals surface area contributed by atoms with Crippen molar-refractivity contribution < 1.29 is 13.6 Å². The van der Waals surface area contributed by atoms with Crippen molar-refractivity contribution in [3.8, 4) is 0 Å². The predicted molar refractivity (Wildman–Crippen MR) is 78.1 cm³/mol. The molecule has 8 heteroatoms. The van der Waals surface area contributed by atoms with Gasteiger partial charge < -0.3 is 4.90 Å². The second kappa shape index (κ2) is 5.96. The Morgan fingerprint density at radius 3 is 2.86 bits per heavy atom. The zero-order valence-electron chi connectivity index (χ0n) is 12.3. The quantitative estimate of drug-likeness (QED) is 0.746. The first-order valence-corrected chi connectivity index (χ1v) is 7.34. The molecule has 0 saturated carbocycles. The average Bonchev–Trinajstić information content (AvgIpc) is 2.49. The van der Waals surface area contributed by atoms with E-state index < -0.39 is 30.6 Å². The minimum Gasteiger partial charge on any atom is -0.329 e. The number of halogens is 3. The summed E-state index contributed by atoms with van der Waals surface area (Å²) in [5.41, 5.74) is 0. The maximum atomic E-state index is 14.1. The van der Waals surface area contributed by atoms with Gasteiger partial charge in [0.25, 0.3) is 5.91 Å². The SMILES string of the molecule is CCCC(C)N1CC(F)(F)C(=O)N(C)C2C=NC(Cl)=N[C@H]21. The Morgan fingerprint density at radius 2 is 2.24 bits per heavy atom. The molecule has 2 aliphatic rings.